The monoisotopic (exact) mass is 790 g/mol. The average Bonchev–Trinajstić information content (AvgIpc) is 3.69. The average molecular weight is 791 g/mol. The molecular formula is C60H42N2. The summed E-state index contributed by atoms with van der Waals surface area (Å²) in [6.45, 7) is 0. The second-order valence-electron chi connectivity index (χ2n) is 15.8. The summed E-state index contributed by atoms with van der Waals surface area (Å²) >= 11 is 0. The molecule has 11 rings (SSSR count). The van der Waals surface area contributed by atoms with Crippen molar-refractivity contribution in [3.63, 3.8) is 0 Å². The van der Waals surface area contributed by atoms with Gasteiger partial charge in [0, 0.05) is 33.5 Å². The van der Waals surface area contributed by atoms with Gasteiger partial charge >= 0.3 is 0 Å². The molecule has 2 heteroatoms. The smallest absolute Gasteiger partial charge is 0.0541 e. The predicted molar refractivity (Wildman–Crippen MR) is 263 cm³/mol. The number of hydrogen-bond acceptors (Lipinski definition) is 1. The van der Waals surface area contributed by atoms with Crippen molar-refractivity contribution in [1.82, 2.24) is 4.57 Å². The van der Waals surface area contributed by atoms with Crippen molar-refractivity contribution in [3.8, 4) is 61.3 Å². The van der Waals surface area contributed by atoms with Gasteiger partial charge in [-0.15, -0.1) is 0 Å². The first-order chi connectivity index (χ1) is 30.7. The number of hydrogen-bond donors (Lipinski definition) is 0. The van der Waals surface area contributed by atoms with Crippen LogP contribution in [0.15, 0.2) is 255 Å². The van der Waals surface area contributed by atoms with Crippen molar-refractivity contribution in [1.29, 1.82) is 0 Å². The van der Waals surface area contributed by atoms with Crippen LogP contribution in [0.1, 0.15) is 0 Å². The summed E-state index contributed by atoms with van der Waals surface area (Å²) in [4.78, 5) is 2.36. The summed E-state index contributed by atoms with van der Waals surface area (Å²) < 4.78 is 2.40. The van der Waals surface area contributed by atoms with E-state index in [1.807, 2.05) is 0 Å². The van der Waals surface area contributed by atoms with Gasteiger partial charge in [0.2, 0.25) is 0 Å². The molecule has 0 radical (unpaired) electrons. The standard InChI is InChI=1S/C60H42N2/c1-4-14-43(15-5-1)46-26-33-53(34-27-46)61(54-35-28-47(29-36-54)44-16-6-2-7-17-44)56-23-13-22-51(41-56)52-32-39-60-58(42-52)57-24-10-11-25-59(57)62(60)55-37-30-48(31-38-55)50-21-12-20-49(40-50)45-18-8-3-9-19-45/h1-42H. The lowest BCUT2D eigenvalue weighted by atomic mass is 9.99. The predicted octanol–water partition coefficient (Wildman–Crippen LogP) is 16.6. The highest BCUT2D eigenvalue weighted by Crippen LogP contribution is 2.40. The van der Waals surface area contributed by atoms with E-state index in [0.29, 0.717) is 0 Å². The Hall–Kier alpha value is -8.20. The van der Waals surface area contributed by atoms with Gasteiger partial charge in [0.1, 0.15) is 0 Å². The number of benzene rings is 10. The molecular weight excluding hydrogens is 749 g/mol. The molecule has 0 N–H and O–H groups in total. The van der Waals surface area contributed by atoms with Crippen molar-refractivity contribution < 1.29 is 0 Å². The van der Waals surface area contributed by atoms with E-state index in [4.69, 9.17) is 0 Å². The maximum atomic E-state index is 2.40. The molecule has 10 aromatic carbocycles. The zero-order valence-corrected chi connectivity index (χ0v) is 34.1. The summed E-state index contributed by atoms with van der Waals surface area (Å²) in [5.41, 5.74) is 18.8. The van der Waals surface area contributed by atoms with Crippen LogP contribution in [0, 0.1) is 0 Å². The van der Waals surface area contributed by atoms with Crippen molar-refractivity contribution in [3.05, 3.63) is 255 Å². The van der Waals surface area contributed by atoms with Gasteiger partial charge in [-0.05, 0) is 128 Å². The molecule has 0 bridgehead atoms. The van der Waals surface area contributed by atoms with E-state index in [1.54, 1.807) is 0 Å². The van der Waals surface area contributed by atoms with Crippen LogP contribution in [-0.4, -0.2) is 4.57 Å². The molecule has 0 aliphatic rings. The molecule has 2 nitrogen and oxygen atoms in total. The fraction of sp³-hybridized carbons (Fsp3) is 0. The highest BCUT2D eigenvalue weighted by Gasteiger charge is 2.17. The Bertz CT molecular complexity index is 3210. The fourth-order valence-electron chi connectivity index (χ4n) is 8.88. The number of nitrogens with zero attached hydrogens (tertiary/aromatic N) is 2. The highest BCUT2D eigenvalue weighted by atomic mass is 15.1. The lowest BCUT2D eigenvalue weighted by molar-refractivity contribution is 1.18. The van der Waals surface area contributed by atoms with E-state index in [2.05, 4.69) is 264 Å². The van der Waals surface area contributed by atoms with E-state index in [0.717, 1.165) is 28.3 Å². The molecule has 0 saturated carbocycles. The Labute approximate surface area is 362 Å². The number of aromatic nitrogens is 1. The van der Waals surface area contributed by atoms with E-state index in [9.17, 15) is 0 Å². The van der Waals surface area contributed by atoms with Crippen molar-refractivity contribution in [2.24, 2.45) is 0 Å². The molecule has 11 aromatic rings. The topological polar surface area (TPSA) is 8.17 Å². The van der Waals surface area contributed by atoms with Crippen LogP contribution >= 0.6 is 0 Å². The first-order valence-electron chi connectivity index (χ1n) is 21.2. The molecule has 0 spiro atoms. The molecule has 1 heterocycles. The van der Waals surface area contributed by atoms with Gasteiger partial charge in [-0.3, -0.25) is 0 Å². The largest absolute Gasteiger partial charge is 0.310 e. The van der Waals surface area contributed by atoms with Crippen LogP contribution < -0.4 is 4.90 Å². The van der Waals surface area contributed by atoms with Crippen LogP contribution in [0.2, 0.25) is 0 Å². The highest BCUT2D eigenvalue weighted by molar-refractivity contribution is 6.10. The molecule has 0 fully saturated rings. The SMILES string of the molecule is c1ccc(-c2ccc(N(c3ccc(-c4ccccc4)cc3)c3cccc(-c4ccc5c(c4)c4ccccc4n5-c4ccc(-c5cccc(-c6ccccc6)c5)cc4)c3)cc2)cc1. The van der Waals surface area contributed by atoms with Crippen molar-refractivity contribution in [2.45, 2.75) is 0 Å². The molecule has 1 aromatic heterocycles. The normalized spacial score (nSPS) is 11.2. The maximum Gasteiger partial charge on any atom is 0.0541 e. The second kappa shape index (κ2) is 16.1. The molecule has 0 aliphatic heterocycles. The second-order valence-corrected chi connectivity index (χ2v) is 15.8. The van der Waals surface area contributed by atoms with E-state index >= 15 is 0 Å². The van der Waals surface area contributed by atoms with Gasteiger partial charge in [0.25, 0.3) is 0 Å². The first kappa shape index (κ1) is 36.8. The molecule has 0 aliphatic carbocycles. The Morgan fingerprint density at radius 3 is 1.19 bits per heavy atom. The van der Waals surface area contributed by atoms with Crippen molar-refractivity contribution in [2.75, 3.05) is 4.90 Å². The van der Waals surface area contributed by atoms with Crippen LogP contribution in [0.3, 0.4) is 0 Å². The summed E-state index contributed by atoms with van der Waals surface area (Å²) in [5, 5.41) is 2.46. The molecule has 62 heavy (non-hydrogen) atoms. The lowest BCUT2D eigenvalue weighted by Gasteiger charge is -2.26. The van der Waals surface area contributed by atoms with E-state index < -0.39 is 0 Å². The van der Waals surface area contributed by atoms with Crippen molar-refractivity contribution >= 4 is 38.9 Å². The van der Waals surface area contributed by atoms with Gasteiger partial charge in [-0.25, -0.2) is 0 Å². The quantitative estimate of drug-likeness (QED) is 0.141. The Morgan fingerprint density at radius 2 is 0.613 bits per heavy atom. The Kier molecular flexibility index (Phi) is 9.57. The maximum absolute atomic E-state index is 2.40. The lowest BCUT2D eigenvalue weighted by Crippen LogP contribution is -2.10. The summed E-state index contributed by atoms with van der Waals surface area (Å²) in [7, 11) is 0. The van der Waals surface area contributed by atoms with Gasteiger partial charge in [-0.1, -0.05) is 182 Å². The summed E-state index contributed by atoms with van der Waals surface area (Å²) in [6.07, 6.45) is 0. The van der Waals surface area contributed by atoms with Gasteiger partial charge in [0.15, 0.2) is 0 Å². The minimum absolute atomic E-state index is 1.10. The zero-order chi connectivity index (χ0) is 41.2. The van der Waals surface area contributed by atoms with Crippen LogP contribution in [0.5, 0.6) is 0 Å². The van der Waals surface area contributed by atoms with E-state index in [-0.39, 0.29) is 0 Å². The third-order valence-corrected chi connectivity index (χ3v) is 12.0. The fourth-order valence-corrected chi connectivity index (χ4v) is 8.88. The summed E-state index contributed by atoms with van der Waals surface area (Å²) in [5.74, 6) is 0. The van der Waals surface area contributed by atoms with Gasteiger partial charge in [-0.2, -0.15) is 0 Å². The zero-order valence-electron chi connectivity index (χ0n) is 34.1. The number of anilines is 3. The Morgan fingerprint density at radius 1 is 0.226 bits per heavy atom. The Balaban J connectivity index is 0.960. The third kappa shape index (κ3) is 7.04. The van der Waals surface area contributed by atoms with Gasteiger partial charge in [0.05, 0.1) is 11.0 Å². The number of rotatable bonds is 9. The first-order valence-corrected chi connectivity index (χ1v) is 21.2. The van der Waals surface area contributed by atoms with Crippen LogP contribution in [0.4, 0.5) is 17.1 Å². The molecule has 292 valence electrons. The molecule has 0 amide bonds. The molecule has 0 atom stereocenters. The molecule has 0 unspecified atom stereocenters. The minimum atomic E-state index is 1.10. The number of para-hydroxylation sites is 1. The van der Waals surface area contributed by atoms with Gasteiger partial charge < -0.3 is 9.47 Å². The van der Waals surface area contributed by atoms with E-state index in [1.165, 1.54) is 71.9 Å². The van der Waals surface area contributed by atoms with Crippen LogP contribution in [-0.2, 0) is 0 Å². The third-order valence-electron chi connectivity index (χ3n) is 12.0. The van der Waals surface area contributed by atoms with Crippen LogP contribution in [0.25, 0.3) is 83.1 Å². The molecule has 0 saturated heterocycles. The minimum Gasteiger partial charge on any atom is -0.310 e. The number of fused-ring (bicyclic) bond motifs is 3. The summed E-state index contributed by atoms with van der Waals surface area (Å²) in [6, 6.07) is 92.0.